The molecule has 0 atom stereocenters. The monoisotopic (exact) mass is 500 g/mol. The summed E-state index contributed by atoms with van der Waals surface area (Å²) in [5.74, 6) is 0.927. The van der Waals surface area contributed by atoms with Crippen molar-refractivity contribution in [3.05, 3.63) is 29.3 Å². The first kappa shape index (κ1) is 23.3. The largest absolute Gasteiger partial charge is 0.385 e. The van der Waals surface area contributed by atoms with Gasteiger partial charge in [0.25, 0.3) is 0 Å². The third kappa shape index (κ3) is 5.99. The normalized spacial score (nSPS) is 18.0. The lowest BCUT2D eigenvalue weighted by atomic mass is 9.67. The number of fused-ring (bicyclic) bond motifs is 1. The summed E-state index contributed by atoms with van der Waals surface area (Å²) in [5.41, 5.74) is 4.52. The molecule has 6 heteroatoms. The van der Waals surface area contributed by atoms with E-state index in [1.54, 1.807) is 7.11 Å². The van der Waals surface area contributed by atoms with Gasteiger partial charge in [-0.05, 0) is 61.6 Å². The predicted octanol–water partition coefficient (Wildman–Crippen LogP) is 3.95. The molecule has 0 spiro atoms. The van der Waals surface area contributed by atoms with Crippen LogP contribution in [0.25, 0.3) is 0 Å². The molecule has 1 aliphatic heterocycles. The second-order valence-corrected chi connectivity index (χ2v) is 8.13. The number of nitrogens with one attached hydrogen (secondary N) is 2. The Balaban J connectivity index is 0.00000280. The van der Waals surface area contributed by atoms with E-state index in [2.05, 4.69) is 47.7 Å². The number of benzene rings is 1. The summed E-state index contributed by atoms with van der Waals surface area (Å²) in [4.78, 5) is 7.20. The maximum atomic E-state index is 5.31. The molecule has 1 aromatic rings. The molecule has 1 aliphatic carbocycles. The van der Waals surface area contributed by atoms with Crippen molar-refractivity contribution in [1.29, 1.82) is 0 Å². The molecule has 0 saturated heterocycles. The molecule has 1 aromatic carbocycles. The van der Waals surface area contributed by atoms with Crippen molar-refractivity contribution in [1.82, 2.24) is 10.6 Å². The number of methoxy groups -OCH3 is 1. The molecule has 3 rings (SSSR count). The Kier molecular flexibility index (Phi) is 9.34. The van der Waals surface area contributed by atoms with E-state index in [0.29, 0.717) is 5.41 Å². The SMILES string of the molecule is CCNC(=NCc1ccc2c(c1)CCCN2C)NCC1(CCOC)CCC1.I. The van der Waals surface area contributed by atoms with Crippen molar-refractivity contribution in [2.24, 2.45) is 10.4 Å². The molecule has 158 valence electrons. The standard InChI is InChI=1S/C22H36N4O.HI/c1-4-23-21(25-17-22(10-6-11-22)12-14-27-3)24-16-18-8-9-20-19(15-18)7-5-13-26(20)2;/h8-9,15H,4-7,10-14,16-17H2,1-3H3,(H2,23,24,25);1H. The van der Waals surface area contributed by atoms with Gasteiger partial charge < -0.3 is 20.3 Å². The van der Waals surface area contributed by atoms with Gasteiger partial charge in [0, 0.05) is 46.1 Å². The predicted molar refractivity (Wildman–Crippen MR) is 129 cm³/mol. The zero-order valence-electron chi connectivity index (χ0n) is 17.7. The summed E-state index contributed by atoms with van der Waals surface area (Å²) in [6.45, 7) is 6.71. The van der Waals surface area contributed by atoms with Crippen LogP contribution in [0.3, 0.4) is 0 Å². The maximum Gasteiger partial charge on any atom is 0.191 e. The first-order chi connectivity index (χ1) is 13.2. The van der Waals surface area contributed by atoms with Crippen LogP contribution in [0, 0.1) is 5.41 Å². The van der Waals surface area contributed by atoms with Crippen LogP contribution in [0.4, 0.5) is 5.69 Å². The molecule has 1 heterocycles. The van der Waals surface area contributed by atoms with Gasteiger partial charge in [-0.15, -0.1) is 24.0 Å². The molecule has 2 aliphatic rings. The highest BCUT2D eigenvalue weighted by molar-refractivity contribution is 14.0. The summed E-state index contributed by atoms with van der Waals surface area (Å²) in [6.07, 6.45) is 7.47. The zero-order valence-corrected chi connectivity index (χ0v) is 20.1. The van der Waals surface area contributed by atoms with Crippen molar-refractivity contribution in [2.45, 2.75) is 52.0 Å². The average molecular weight is 500 g/mol. The fourth-order valence-electron chi connectivity index (χ4n) is 4.23. The Morgan fingerprint density at radius 3 is 2.75 bits per heavy atom. The first-order valence-corrected chi connectivity index (χ1v) is 10.5. The van der Waals surface area contributed by atoms with Gasteiger partial charge in [-0.25, -0.2) is 4.99 Å². The number of rotatable bonds is 8. The highest BCUT2D eigenvalue weighted by Crippen LogP contribution is 2.43. The van der Waals surface area contributed by atoms with Gasteiger partial charge in [0.15, 0.2) is 5.96 Å². The second-order valence-electron chi connectivity index (χ2n) is 8.13. The Morgan fingerprint density at radius 1 is 1.25 bits per heavy atom. The lowest BCUT2D eigenvalue weighted by Gasteiger charge is -2.42. The minimum Gasteiger partial charge on any atom is -0.385 e. The highest BCUT2D eigenvalue weighted by Gasteiger charge is 2.36. The van der Waals surface area contributed by atoms with Crippen molar-refractivity contribution in [3.8, 4) is 0 Å². The number of aryl methyl sites for hydroxylation is 1. The van der Waals surface area contributed by atoms with E-state index >= 15 is 0 Å². The average Bonchev–Trinajstić information content (AvgIpc) is 2.65. The van der Waals surface area contributed by atoms with Crippen LogP contribution >= 0.6 is 24.0 Å². The van der Waals surface area contributed by atoms with Crippen LogP contribution in [0.2, 0.25) is 0 Å². The summed E-state index contributed by atoms with van der Waals surface area (Å²) >= 11 is 0. The van der Waals surface area contributed by atoms with Crippen LogP contribution in [0.15, 0.2) is 23.2 Å². The molecule has 5 nitrogen and oxygen atoms in total. The number of hydrogen-bond acceptors (Lipinski definition) is 3. The Bertz CT molecular complexity index is 645. The molecule has 1 fully saturated rings. The first-order valence-electron chi connectivity index (χ1n) is 10.5. The van der Waals surface area contributed by atoms with Gasteiger partial charge >= 0.3 is 0 Å². The van der Waals surface area contributed by atoms with E-state index in [9.17, 15) is 0 Å². The Morgan fingerprint density at radius 2 is 2.07 bits per heavy atom. The van der Waals surface area contributed by atoms with Crippen molar-refractivity contribution < 1.29 is 4.74 Å². The second kappa shape index (κ2) is 11.2. The van der Waals surface area contributed by atoms with E-state index in [4.69, 9.17) is 9.73 Å². The molecule has 0 aromatic heterocycles. The van der Waals surface area contributed by atoms with E-state index in [1.165, 1.54) is 48.9 Å². The molecular weight excluding hydrogens is 463 g/mol. The molecule has 0 amide bonds. The fraction of sp³-hybridized carbons (Fsp3) is 0.682. The third-order valence-electron chi connectivity index (χ3n) is 6.14. The number of hydrogen-bond donors (Lipinski definition) is 2. The highest BCUT2D eigenvalue weighted by atomic mass is 127. The number of guanidine groups is 1. The molecule has 0 radical (unpaired) electrons. The van der Waals surface area contributed by atoms with Crippen LogP contribution in [0.1, 0.15) is 50.2 Å². The summed E-state index contributed by atoms with van der Waals surface area (Å²) < 4.78 is 5.31. The van der Waals surface area contributed by atoms with Gasteiger partial charge in [0.05, 0.1) is 6.54 Å². The molecule has 28 heavy (non-hydrogen) atoms. The fourth-order valence-corrected chi connectivity index (χ4v) is 4.23. The third-order valence-corrected chi connectivity index (χ3v) is 6.14. The Labute approximate surface area is 187 Å². The van der Waals surface area contributed by atoms with Crippen LogP contribution in [0.5, 0.6) is 0 Å². The number of aliphatic imine (C=N–C) groups is 1. The van der Waals surface area contributed by atoms with Crippen molar-refractivity contribution in [3.63, 3.8) is 0 Å². The van der Waals surface area contributed by atoms with E-state index in [-0.39, 0.29) is 24.0 Å². The minimum atomic E-state index is 0. The van der Waals surface area contributed by atoms with Gasteiger partial charge in [-0.3, -0.25) is 0 Å². The minimum absolute atomic E-state index is 0. The van der Waals surface area contributed by atoms with E-state index < -0.39 is 0 Å². The molecular formula is C22H37IN4O. The lowest BCUT2D eigenvalue weighted by Crippen LogP contribution is -2.46. The molecule has 2 N–H and O–H groups in total. The lowest BCUT2D eigenvalue weighted by molar-refractivity contribution is 0.0732. The topological polar surface area (TPSA) is 48.9 Å². The maximum absolute atomic E-state index is 5.31. The summed E-state index contributed by atoms with van der Waals surface area (Å²) in [5, 5.41) is 6.99. The quantitative estimate of drug-likeness (QED) is 0.323. The number of ether oxygens (including phenoxy) is 1. The summed E-state index contributed by atoms with van der Waals surface area (Å²) in [6, 6.07) is 6.82. The van der Waals surface area contributed by atoms with Gasteiger partial charge in [-0.2, -0.15) is 0 Å². The van der Waals surface area contributed by atoms with Crippen molar-refractivity contribution >= 4 is 35.6 Å². The van der Waals surface area contributed by atoms with Crippen molar-refractivity contribution in [2.75, 3.05) is 45.3 Å². The smallest absolute Gasteiger partial charge is 0.191 e. The molecule has 1 saturated carbocycles. The van der Waals surface area contributed by atoms with Gasteiger partial charge in [0.1, 0.15) is 0 Å². The number of anilines is 1. The summed E-state index contributed by atoms with van der Waals surface area (Å²) in [7, 11) is 3.98. The number of nitrogens with zero attached hydrogens (tertiary/aromatic N) is 2. The van der Waals surface area contributed by atoms with E-state index in [0.717, 1.165) is 45.2 Å². The van der Waals surface area contributed by atoms with Crippen LogP contribution in [-0.4, -0.2) is 46.4 Å². The Hall–Kier alpha value is -1.02. The number of halogens is 1. The van der Waals surface area contributed by atoms with Crippen LogP contribution in [-0.2, 0) is 17.7 Å². The zero-order chi connectivity index (χ0) is 19.1. The molecule has 0 unspecified atom stereocenters. The van der Waals surface area contributed by atoms with Crippen LogP contribution < -0.4 is 15.5 Å². The van der Waals surface area contributed by atoms with Gasteiger partial charge in [-0.1, -0.05) is 18.6 Å². The van der Waals surface area contributed by atoms with Gasteiger partial charge in [0.2, 0.25) is 0 Å². The molecule has 0 bridgehead atoms. The van der Waals surface area contributed by atoms with E-state index in [1.807, 2.05) is 0 Å².